The van der Waals surface area contributed by atoms with Crippen molar-refractivity contribution >= 4 is 40.9 Å². The molecule has 0 fully saturated rings. The van der Waals surface area contributed by atoms with Crippen LogP contribution in [0.2, 0.25) is 10.0 Å². The molecule has 8 heteroatoms. The number of ketones is 1. The molecule has 1 aromatic rings. The second-order valence-electron chi connectivity index (χ2n) is 6.46. The number of esters is 1. The topological polar surface area (TPSA) is 101 Å². The van der Waals surface area contributed by atoms with Gasteiger partial charge < -0.3 is 14.9 Å². The van der Waals surface area contributed by atoms with Crippen LogP contribution in [0.25, 0.3) is 0 Å². The zero-order valence-electron chi connectivity index (χ0n) is 15.2. The van der Waals surface area contributed by atoms with Crippen LogP contribution in [0.4, 0.5) is 0 Å². The van der Waals surface area contributed by atoms with Crippen molar-refractivity contribution in [2.45, 2.75) is 57.0 Å². The molecule has 6 nitrogen and oxygen atoms in total. The third-order valence-corrected chi connectivity index (χ3v) is 4.75. The van der Waals surface area contributed by atoms with Crippen molar-refractivity contribution in [1.82, 2.24) is 0 Å². The van der Waals surface area contributed by atoms with Crippen LogP contribution in [0.3, 0.4) is 0 Å². The van der Waals surface area contributed by atoms with E-state index in [-0.39, 0.29) is 12.2 Å². The summed E-state index contributed by atoms with van der Waals surface area (Å²) in [6.45, 7) is 0. The monoisotopic (exact) mass is 418 g/mol. The third kappa shape index (κ3) is 8.28. The first kappa shape index (κ1) is 23.4. The minimum absolute atomic E-state index is 0.167. The zero-order chi connectivity index (χ0) is 20.4. The van der Waals surface area contributed by atoms with Crippen LogP contribution >= 0.6 is 23.2 Å². The number of unbranched alkanes of at least 4 members (excludes halogenated alkanes) is 3. The van der Waals surface area contributed by atoms with Crippen molar-refractivity contribution in [3.8, 4) is 0 Å². The van der Waals surface area contributed by atoms with Gasteiger partial charge in [-0.2, -0.15) is 0 Å². The Hall–Kier alpha value is -1.63. The van der Waals surface area contributed by atoms with Crippen molar-refractivity contribution in [1.29, 1.82) is 0 Å². The van der Waals surface area contributed by atoms with Crippen molar-refractivity contribution in [2.24, 2.45) is 0 Å². The lowest BCUT2D eigenvalue weighted by Gasteiger charge is -2.22. The van der Waals surface area contributed by atoms with Gasteiger partial charge in [0.1, 0.15) is 5.78 Å². The molecule has 0 amide bonds. The molecule has 0 aliphatic heterocycles. The van der Waals surface area contributed by atoms with Crippen LogP contribution in [0.5, 0.6) is 0 Å². The van der Waals surface area contributed by atoms with Crippen molar-refractivity contribution in [2.75, 3.05) is 7.11 Å². The van der Waals surface area contributed by atoms with Crippen molar-refractivity contribution in [3.05, 3.63) is 33.8 Å². The van der Waals surface area contributed by atoms with E-state index in [4.69, 9.17) is 28.3 Å². The molecule has 0 aliphatic rings. The molecule has 150 valence electrons. The number of aryl methyl sites for hydroxylation is 1. The fraction of sp³-hybridized carbons (Fsp3) is 0.526. The maximum Gasteiger partial charge on any atom is 0.338 e. The zero-order valence-corrected chi connectivity index (χ0v) is 16.7. The first-order valence-electron chi connectivity index (χ1n) is 8.66. The Balaban J connectivity index is 2.33. The molecule has 0 aromatic heterocycles. The number of aliphatic carboxylic acids is 1. The molecule has 0 saturated heterocycles. The van der Waals surface area contributed by atoms with Crippen molar-refractivity contribution in [3.63, 3.8) is 0 Å². The molecular formula is C19H24Cl2O6. The fourth-order valence-electron chi connectivity index (χ4n) is 2.78. The molecule has 0 spiro atoms. The van der Waals surface area contributed by atoms with Crippen LogP contribution < -0.4 is 0 Å². The number of hydrogen-bond acceptors (Lipinski definition) is 5. The number of aliphatic hydroxyl groups is 1. The number of methoxy groups -OCH3 is 1. The van der Waals surface area contributed by atoms with E-state index in [1.807, 2.05) is 6.07 Å². The molecule has 27 heavy (non-hydrogen) atoms. The molecule has 0 aliphatic carbocycles. The number of carboxylic acids is 1. The summed E-state index contributed by atoms with van der Waals surface area (Å²) in [5, 5.41) is 20.2. The first-order chi connectivity index (χ1) is 12.7. The molecular weight excluding hydrogens is 395 g/mol. The van der Waals surface area contributed by atoms with Gasteiger partial charge in [0.15, 0.2) is 5.60 Å². The Labute approximate surface area is 168 Å². The molecule has 0 radical (unpaired) electrons. The van der Waals surface area contributed by atoms with Crippen LogP contribution in [0.1, 0.15) is 50.5 Å². The largest absolute Gasteiger partial charge is 0.481 e. The van der Waals surface area contributed by atoms with E-state index < -0.39 is 30.4 Å². The second-order valence-corrected chi connectivity index (χ2v) is 7.30. The summed E-state index contributed by atoms with van der Waals surface area (Å²) in [4.78, 5) is 34.4. The summed E-state index contributed by atoms with van der Waals surface area (Å²) in [6.07, 6.45) is 2.73. The summed E-state index contributed by atoms with van der Waals surface area (Å²) in [5.74, 6) is -2.86. The summed E-state index contributed by atoms with van der Waals surface area (Å²) in [7, 11) is 1.03. The molecule has 1 aromatic carbocycles. The fourth-order valence-corrected chi connectivity index (χ4v) is 3.28. The third-order valence-electron chi connectivity index (χ3n) is 4.17. The second kappa shape index (κ2) is 11.3. The summed E-state index contributed by atoms with van der Waals surface area (Å²) in [6, 6.07) is 5.39. The molecule has 2 N–H and O–H groups in total. The summed E-state index contributed by atoms with van der Waals surface area (Å²) >= 11 is 12.0. The van der Waals surface area contributed by atoms with Gasteiger partial charge >= 0.3 is 11.9 Å². The summed E-state index contributed by atoms with van der Waals surface area (Å²) in [5.41, 5.74) is -1.29. The standard InChI is InChI=1S/C19H24Cl2O6/c1-27-18(25)19(26,12-17(23)24)11-15(22)7-5-3-2-4-6-13-8-9-14(20)10-16(13)21/h8-10,26H,2-7,11-12H2,1H3,(H,23,24). The summed E-state index contributed by atoms with van der Waals surface area (Å²) < 4.78 is 4.41. The Kier molecular flexibility index (Phi) is 9.77. The van der Waals surface area contributed by atoms with E-state index in [2.05, 4.69) is 4.74 Å². The highest BCUT2D eigenvalue weighted by Crippen LogP contribution is 2.23. The van der Waals surface area contributed by atoms with Crippen molar-refractivity contribution < 1.29 is 29.3 Å². The van der Waals surface area contributed by atoms with Crippen LogP contribution in [0.15, 0.2) is 18.2 Å². The van der Waals surface area contributed by atoms with Gasteiger partial charge in [-0.25, -0.2) is 4.79 Å². The molecule has 0 heterocycles. The van der Waals surface area contributed by atoms with E-state index in [1.165, 1.54) is 0 Å². The average Bonchev–Trinajstić information content (AvgIpc) is 2.57. The number of Topliss-reactive ketones (excluding diaryl/α,β-unsaturated/α-hetero) is 1. The Bertz CT molecular complexity index is 676. The van der Waals surface area contributed by atoms with E-state index in [0.717, 1.165) is 38.4 Å². The molecule has 0 bridgehead atoms. The predicted molar refractivity (Wildman–Crippen MR) is 102 cm³/mol. The number of benzene rings is 1. The van der Waals surface area contributed by atoms with Gasteiger partial charge in [-0.05, 0) is 37.0 Å². The highest BCUT2D eigenvalue weighted by Gasteiger charge is 2.41. The number of carbonyl (C=O) groups is 3. The lowest BCUT2D eigenvalue weighted by atomic mass is 9.91. The Morgan fingerprint density at radius 2 is 1.74 bits per heavy atom. The van der Waals surface area contributed by atoms with E-state index in [1.54, 1.807) is 12.1 Å². The Morgan fingerprint density at radius 3 is 2.33 bits per heavy atom. The number of ether oxygens (including phenoxy) is 1. The number of carbonyl (C=O) groups excluding carboxylic acids is 2. The average molecular weight is 419 g/mol. The van der Waals surface area contributed by atoms with Gasteiger partial charge in [-0.1, -0.05) is 42.1 Å². The maximum absolute atomic E-state index is 12.0. The normalized spacial score (nSPS) is 13.0. The number of rotatable bonds is 12. The van der Waals surface area contributed by atoms with Crippen LogP contribution in [-0.2, 0) is 25.5 Å². The smallest absolute Gasteiger partial charge is 0.338 e. The minimum Gasteiger partial charge on any atom is -0.481 e. The van der Waals surface area contributed by atoms with Gasteiger partial charge in [0.25, 0.3) is 0 Å². The van der Waals surface area contributed by atoms with Gasteiger partial charge in [0, 0.05) is 22.9 Å². The van der Waals surface area contributed by atoms with Crippen LogP contribution in [0, 0.1) is 0 Å². The molecule has 1 unspecified atom stereocenters. The highest BCUT2D eigenvalue weighted by molar-refractivity contribution is 6.35. The Morgan fingerprint density at radius 1 is 1.07 bits per heavy atom. The van der Waals surface area contributed by atoms with Gasteiger partial charge in [-0.3, -0.25) is 9.59 Å². The van der Waals surface area contributed by atoms with Gasteiger partial charge in [-0.15, -0.1) is 0 Å². The number of carboxylic acid groups (broad SMARTS) is 1. The predicted octanol–water partition coefficient (Wildman–Crippen LogP) is 3.82. The molecule has 0 saturated carbocycles. The maximum atomic E-state index is 12.0. The lowest BCUT2D eigenvalue weighted by molar-refractivity contribution is -0.170. The van der Waals surface area contributed by atoms with Crippen LogP contribution in [-0.4, -0.2) is 40.6 Å². The molecule has 1 atom stereocenters. The lowest BCUT2D eigenvalue weighted by Crippen LogP contribution is -2.43. The number of hydrogen-bond donors (Lipinski definition) is 2. The first-order valence-corrected chi connectivity index (χ1v) is 9.42. The molecule has 1 rings (SSSR count). The highest BCUT2D eigenvalue weighted by atomic mass is 35.5. The van der Waals surface area contributed by atoms with Gasteiger partial charge in [0.05, 0.1) is 13.5 Å². The minimum atomic E-state index is -2.32. The van der Waals surface area contributed by atoms with Gasteiger partial charge in [0.2, 0.25) is 0 Å². The number of halogens is 2. The SMILES string of the molecule is COC(=O)C(O)(CC(=O)O)CC(=O)CCCCCCc1ccc(Cl)cc1Cl. The quantitative estimate of drug-likeness (QED) is 0.395. The van der Waals surface area contributed by atoms with E-state index >= 15 is 0 Å². The van der Waals surface area contributed by atoms with E-state index in [9.17, 15) is 19.5 Å². The van der Waals surface area contributed by atoms with E-state index in [0.29, 0.717) is 16.5 Å².